The number of aliphatic carboxylic acids is 1. The molecule has 13 nitrogen and oxygen atoms in total. The number of amides is 1. The lowest BCUT2D eigenvalue weighted by atomic mass is 10.1. The van der Waals surface area contributed by atoms with Crippen molar-refractivity contribution in [3.63, 3.8) is 0 Å². The third kappa shape index (κ3) is 7.68. The van der Waals surface area contributed by atoms with Gasteiger partial charge >= 0.3 is 12.0 Å². The molecule has 0 aliphatic rings. The number of thiophene rings is 1. The Morgan fingerprint density at radius 1 is 1.11 bits per heavy atom. The molecule has 198 valence electrons. The van der Waals surface area contributed by atoms with Gasteiger partial charge in [0.05, 0.1) is 17.7 Å². The zero-order chi connectivity index (χ0) is 27.0. The van der Waals surface area contributed by atoms with E-state index in [1.165, 1.54) is 30.7 Å². The number of ether oxygens (including phenoxy) is 1. The summed E-state index contributed by atoms with van der Waals surface area (Å²) in [5, 5.41) is 16.2. The number of carboxylic acid groups (broad SMARTS) is 1. The van der Waals surface area contributed by atoms with Crippen LogP contribution in [-0.2, 0) is 14.8 Å². The number of aromatic nitrogens is 2. The van der Waals surface area contributed by atoms with Gasteiger partial charge in [-0.25, -0.2) is 23.2 Å². The number of nitrogens with two attached hydrogens (primary N) is 2. The summed E-state index contributed by atoms with van der Waals surface area (Å²) in [4.78, 5) is 32.4. The molecule has 3 aromatic rings. The van der Waals surface area contributed by atoms with Crippen molar-refractivity contribution in [1.29, 1.82) is 0 Å². The fourth-order valence-corrected chi connectivity index (χ4v) is 5.11. The Morgan fingerprint density at radius 3 is 2.38 bits per heavy atom. The Bertz CT molecular complexity index is 1310. The van der Waals surface area contributed by atoms with Crippen molar-refractivity contribution in [3.8, 4) is 17.1 Å². The molecule has 0 saturated heterocycles. The first-order valence-electron chi connectivity index (χ1n) is 11.0. The Kier molecular flexibility index (Phi) is 9.48. The van der Waals surface area contributed by atoms with Crippen LogP contribution in [-0.4, -0.2) is 61.4 Å². The molecule has 0 spiro atoms. The summed E-state index contributed by atoms with van der Waals surface area (Å²) < 4.78 is 33.3. The number of nitrogens with one attached hydrogen (secondary N) is 3. The van der Waals surface area contributed by atoms with Crippen molar-refractivity contribution in [2.45, 2.75) is 30.1 Å². The van der Waals surface area contributed by atoms with Gasteiger partial charge in [0.1, 0.15) is 17.2 Å². The van der Waals surface area contributed by atoms with E-state index in [9.17, 15) is 23.1 Å². The summed E-state index contributed by atoms with van der Waals surface area (Å²) >= 11 is 0.981. The van der Waals surface area contributed by atoms with Gasteiger partial charge in [-0.2, -0.15) is 0 Å². The van der Waals surface area contributed by atoms with Gasteiger partial charge in [0.2, 0.25) is 0 Å². The predicted molar refractivity (Wildman–Crippen MR) is 137 cm³/mol. The maximum Gasteiger partial charge on any atom is 0.326 e. The first kappa shape index (κ1) is 27.9. The third-order valence-electron chi connectivity index (χ3n) is 5.08. The van der Waals surface area contributed by atoms with Crippen LogP contribution in [0.15, 0.2) is 53.0 Å². The number of carbonyl (C=O) groups excluding carboxylic acids is 1. The van der Waals surface area contributed by atoms with Gasteiger partial charge in [-0.15, -0.1) is 11.3 Å². The fourth-order valence-electron chi connectivity index (χ4n) is 3.22. The number of nitrogens with zero attached hydrogens (tertiary/aromatic N) is 2. The molecule has 37 heavy (non-hydrogen) atoms. The second-order valence-corrected chi connectivity index (χ2v) is 10.3. The molecule has 3 rings (SSSR count). The summed E-state index contributed by atoms with van der Waals surface area (Å²) in [6.07, 6.45) is 2.89. The van der Waals surface area contributed by atoms with Crippen LogP contribution < -0.4 is 31.6 Å². The monoisotopic (exact) mass is 549 g/mol. The normalized spacial score (nSPS) is 12.2. The minimum Gasteiger partial charge on any atom is -0.480 e. The van der Waals surface area contributed by atoms with E-state index >= 15 is 0 Å². The Morgan fingerprint density at radius 2 is 1.78 bits per heavy atom. The zero-order valence-electron chi connectivity index (χ0n) is 19.7. The molecule has 0 radical (unpaired) electrons. The Balaban J connectivity index is 1.68. The predicted octanol–water partition coefficient (Wildman–Crippen LogP) is 0.768. The van der Waals surface area contributed by atoms with Gasteiger partial charge in [0.25, 0.3) is 15.9 Å². The summed E-state index contributed by atoms with van der Waals surface area (Å²) in [6.45, 7) is 0.367. The summed E-state index contributed by atoms with van der Waals surface area (Å²) in [7, 11) is -2.59. The molecule has 0 bridgehead atoms. The largest absolute Gasteiger partial charge is 0.480 e. The van der Waals surface area contributed by atoms with E-state index in [1.54, 1.807) is 24.5 Å². The number of hydrogen-bond donors (Lipinski definition) is 6. The number of hydrogen-bond acceptors (Lipinski definition) is 11. The van der Waals surface area contributed by atoms with E-state index in [-0.39, 0.29) is 27.9 Å². The van der Waals surface area contributed by atoms with Crippen LogP contribution in [0.3, 0.4) is 0 Å². The van der Waals surface area contributed by atoms with E-state index in [1.807, 2.05) is 0 Å². The van der Waals surface area contributed by atoms with Crippen molar-refractivity contribution >= 4 is 38.9 Å². The molecule has 0 aliphatic carbocycles. The lowest BCUT2D eigenvalue weighted by Gasteiger charge is -2.16. The Labute approximate surface area is 217 Å². The molecule has 1 aromatic carbocycles. The van der Waals surface area contributed by atoms with E-state index < -0.39 is 34.2 Å². The number of carboxylic acids is 1. The summed E-state index contributed by atoms with van der Waals surface area (Å²) in [6, 6.07) is 6.50. The molecule has 0 unspecified atom stereocenters. The molecule has 15 heteroatoms. The maximum atomic E-state index is 13.0. The van der Waals surface area contributed by atoms with Crippen LogP contribution in [0.1, 0.15) is 22.5 Å². The molecular formula is C22H27N7O6S2. The average Bonchev–Trinajstić information content (AvgIpc) is 3.33. The third-order valence-corrected chi connectivity index (χ3v) is 7.37. The first-order chi connectivity index (χ1) is 17.6. The van der Waals surface area contributed by atoms with Gasteiger partial charge in [0.15, 0.2) is 0 Å². The number of methoxy groups -OCH3 is 1. The molecule has 0 saturated carbocycles. The maximum absolute atomic E-state index is 13.0. The lowest BCUT2D eigenvalue weighted by molar-refractivity contribution is -0.139. The van der Waals surface area contributed by atoms with Crippen LogP contribution in [0.4, 0.5) is 5.69 Å². The van der Waals surface area contributed by atoms with Crippen LogP contribution in [0.2, 0.25) is 0 Å². The first-order valence-corrected chi connectivity index (χ1v) is 13.3. The number of sulfonamides is 1. The number of anilines is 1. The lowest BCUT2D eigenvalue weighted by Crippen LogP contribution is -2.46. The van der Waals surface area contributed by atoms with E-state index in [0.717, 1.165) is 11.3 Å². The van der Waals surface area contributed by atoms with Crippen molar-refractivity contribution in [2.24, 2.45) is 11.5 Å². The van der Waals surface area contributed by atoms with Crippen molar-refractivity contribution < 1.29 is 27.9 Å². The highest BCUT2D eigenvalue weighted by Gasteiger charge is 2.24. The smallest absolute Gasteiger partial charge is 0.326 e. The fraction of sp³-hybridized carbons (Fsp3) is 0.273. The highest BCUT2D eigenvalue weighted by Crippen LogP contribution is 2.27. The minimum absolute atomic E-state index is 0.0303. The van der Waals surface area contributed by atoms with Crippen molar-refractivity contribution in [3.05, 3.63) is 53.0 Å². The van der Waals surface area contributed by atoms with Gasteiger partial charge in [-0.05, 0) is 48.5 Å². The molecule has 0 aliphatic heterocycles. The minimum atomic E-state index is -4.04. The van der Waals surface area contributed by atoms with Crippen LogP contribution in [0.5, 0.6) is 6.01 Å². The summed E-state index contributed by atoms with van der Waals surface area (Å²) in [5.74, 6) is -1.93. The van der Waals surface area contributed by atoms with Crippen LogP contribution >= 0.6 is 11.3 Å². The van der Waals surface area contributed by atoms with Crippen LogP contribution in [0, 0.1) is 0 Å². The SMILES string of the molecule is COc1ncc(-c2ccc(S(=O)(=O)Nc3ccsc3C(=O)N[C@@H](CCCNC(N)N)C(=O)O)cc2)cn1. The van der Waals surface area contributed by atoms with Gasteiger partial charge in [-0.1, -0.05) is 12.1 Å². The highest BCUT2D eigenvalue weighted by molar-refractivity contribution is 7.92. The standard InChI is InChI=1S/C22H27N7O6S2/c1-35-22-26-11-14(12-27-22)13-4-6-15(7-5-13)37(33,34)29-16-8-10-36-18(16)19(30)28-17(20(31)32)3-2-9-25-21(23)24/h4-8,10-12,17,21,25,29H,2-3,9,23-24H2,1H3,(H,28,30)(H,31,32)/t17-/m0/s1. The molecule has 1 amide bonds. The van der Waals surface area contributed by atoms with Gasteiger partial charge in [-0.3, -0.25) is 14.8 Å². The van der Waals surface area contributed by atoms with E-state index in [2.05, 4.69) is 25.3 Å². The zero-order valence-corrected chi connectivity index (χ0v) is 21.4. The number of rotatable bonds is 13. The quantitative estimate of drug-likeness (QED) is 0.129. The molecule has 2 aromatic heterocycles. The van der Waals surface area contributed by atoms with Crippen molar-refractivity contribution in [1.82, 2.24) is 20.6 Å². The number of carbonyl (C=O) groups is 2. The van der Waals surface area contributed by atoms with E-state index in [0.29, 0.717) is 24.1 Å². The van der Waals surface area contributed by atoms with E-state index in [4.69, 9.17) is 16.2 Å². The summed E-state index contributed by atoms with van der Waals surface area (Å²) in [5.41, 5.74) is 12.2. The topological polar surface area (TPSA) is 212 Å². The van der Waals surface area contributed by atoms with Crippen molar-refractivity contribution in [2.75, 3.05) is 18.4 Å². The molecule has 2 heterocycles. The molecular weight excluding hydrogens is 522 g/mol. The Hall–Kier alpha value is -3.63. The second kappa shape index (κ2) is 12.6. The second-order valence-electron chi connectivity index (χ2n) is 7.74. The molecule has 1 atom stereocenters. The van der Waals surface area contributed by atoms with Crippen LogP contribution in [0.25, 0.3) is 11.1 Å². The molecule has 0 fully saturated rings. The van der Waals surface area contributed by atoms with Gasteiger partial charge < -0.3 is 26.6 Å². The van der Waals surface area contributed by atoms with Gasteiger partial charge in [0, 0.05) is 18.0 Å². The highest BCUT2D eigenvalue weighted by atomic mass is 32.2. The average molecular weight is 550 g/mol. The number of benzene rings is 1. The molecule has 8 N–H and O–H groups in total.